The molecule has 2 heterocycles. The number of nitrogens with zero attached hydrogens (tertiary/aromatic N) is 5. The summed E-state index contributed by atoms with van der Waals surface area (Å²) < 4.78 is 7.54. The first-order valence-corrected chi connectivity index (χ1v) is 11.5. The predicted molar refractivity (Wildman–Crippen MR) is 144 cm³/mol. The Balaban J connectivity index is 0.00000385. The van der Waals surface area contributed by atoms with Crippen molar-refractivity contribution in [2.24, 2.45) is 4.99 Å². The van der Waals surface area contributed by atoms with Crippen LogP contribution in [0.3, 0.4) is 0 Å². The number of rotatable bonds is 11. The fourth-order valence-electron chi connectivity index (χ4n) is 3.95. The Morgan fingerprint density at radius 1 is 1.27 bits per heavy atom. The third kappa shape index (κ3) is 8.29. The van der Waals surface area contributed by atoms with Crippen LogP contribution in [0.2, 0.25) is 0 Å². The Morgan fingerprint density at radius 2 is 2.06 bits per heavy atom. The van der Waals surface area contributed by atoms with E-state index in [-0.39, 0.29) is 30.0 Å². The normalized spacial score (nSPS) is 15.1. The van der Waals surface area contributed by atoms with Gasteiger partial charge in [-0.05, 0) is 50.6 Å². The number of methoxy groups -OCH3 is 1. The zero-order valence-electron chi connectivity index (χ0n) is 20.1. The third-order valence-corrected chi connectivity index (χ3v) is 5.70. The number of aliphatic imine (C=N–C) groups is 1. The molecule has 9 heteroatoms. The lowest BCUT2D eigenvalue weighted by Crippen LogP contribution is -2.40. The summed E-state index contributed by atoms with van der Waals surface area (Å²) in [6.07, 6.45) is 5.13. The molecule has 1 fully saturated rings. The molecular formula is C24H38IN7O. The molecule has 0 radical (unpaired) electrons. The lowest BCUT2D eigenvalue weighted by Gasteiger charge is -2.27. The second-order valence-electron chi connectivity index (χ2n) is 8.26. The first-order chi connectivity index (χ1) is 15.6. The predicted octanol–water partition coefficient (Wildman–Crippen LogP) is 3.42. The maximum absolute atomic E-state index is 5.46. The molecule has 2 N–H and O–H groups in total. The maximum atomic E-state index is 5.46. The molecule has 1 aliphatic heterocycles. The summed E-state index contributed by atoms with van der Waals surface area (Å²) in [7, 11) is 1.71. The van der Waals surface area contributed by atoms with Gasteiger partial charge >= 0.3 is 0 Å². The highest BCUT2D eigenvalue weighted by Crippen LogP contribution is 2.27. The van der Waals surface area contributed by atoms with Crippen molar-refractivity contribution >= 4 is 29.9 Å². The molecule has 1 unspecified atom stereocenters. The zero-order chi connectivity index (χ0) is 22.8. The largest absolute Gasteiger partial charge is 0.497 e. The average molecular weight is 568 g/mol. The van der Waals surface area contributed by atoms with Gasteiger partial charge in [0.1, 0.15) is 17.9 Å². The van der Waals surface area contributed by atoms with E-state index < -0.39 is 0 Å². The first kappa shape index (κ1) is 27.1. The zero-order valence-corrected chi connectivity index (χ0v) is 22.4. The number of hydrogen-bond donors (Lipinski definition) is 2. The molecule has 2 aromatic rings. The molecule has 182 valence electrons. The topological polar surface area (TPSA) is 79.6 Å². The van der Waals surface area contributed by atoms with E-state index in [1.807, 2.05) is 13.0 Å². The van der Waals surface area contributed by atoms with Gasteiger partial charge in [-0.2, -0.15) is 0 Å². The van der Waals surface area contributed by atoms with E-state index in [1.54, 1.807) is 13.4 Å². The number of halogens is 1. The van der Waals surface area contributed by atoms with Crippen LogP contribution < -0.4 is 15.4 Å². The lowest BCUT2D eigenvalue weighted by atomic mass is 10.1. The highest BCUT2D eigenvalue weighted by molar-refractivity contribution is 14.0. The van der Waals surface area contributed by atoms with Crippen molar-refractivity contribution in [2.75, 3.05) is 39.8 Å². The number of nitrogens with one attached hydrogen (secondary N) is 2. The third-order valence-electron chi connectivity index (χ3n) is 5.70. The molecule has 0 spiro atoms. The van der Waals surface area contributed by atoms with E-state index in [2.05, 4.69) is 62.0 Å². The van der Waals surface area contributed by atoms with Crippen molar-refractivity contribution in [3.8, 4) is 5.75 Å². The minimum absolute atomic E-state index is 0. The quantitative estimate of drug-likeness (QED) is 0.188. The molecule has 1 aliphatic rings. The fraction of sp³-hybridized carbons (Fsp3) is 0.542. The smallest absolute Gasteiger partial charge is 0.191 e. The van der Waals surface area contributed by atoms with Gasteiger partial charge < -0.3 is 19.9 Å². The summed E-state index contributed by atoms with van der Waals surface area (Å²) in [5.74, 6) is 2.67. The second-order valence-corrected chi connectivity index (χ2v) is 8.26. The summed E-state index contributed by atoms with van der Waals surface area (Å²) in [6, 6.07) is 8.58. The molecule has 1 aromatic carbocycles. The van der Waals surface area contributed by atoms with Gasteiger partial charge in [-0.25, -0.2) is 0 Å². The fourth-order valence-corrected chi connectivity index (χ4v) is 3.95. The molecule has 0 bridgehead atoms. The Kier molecular flexibility index (Phi) is 11.7. The highest BCUT2D eigenvalue weighted by atomic mass is 127. The van der Waals surface area contributed by atoms with Crippen molar-refractivity contribution in [2.45, 2.75) is 45.7 Å². The van der Waals surface area contributed by atoms with Gasteiger partial charge in [0, 0.05) is 26.1 Å². The molecule has 1 saturated heterocycles. The van der Waals surface area contributed by atoms with Crippen LogP contribution in [0.5, 0.6) is 5.75 Å². The second kappa shape index (κ2) is 14.2. The van der Waals surface area contributed by atoms with Crippen molar-refractivity contribution in [1.82, 2.24) is 30.3 Å². The molecule has 1 atom stereocenters. The molecule has 0 saturated carbocycles. The van der Waals surface area contributed by atoms with Crippen LogP contribution in [0.15, 0.2) is 47.7 Å². The molecule has 1 aromatic heterocycles. The Morgan fingerprint density at radius 3 is 2.76 bits per heavy atom. The number of aryl methyl sites for hydroxylation is 1. The summed E-state index contributed by atoms with van der Waals surface area (Å²) in [6.45, 7) is 13.2. The number of guanidine groups is 1. The number of benzene rings is 1. The van der Waals surface area contributed by atoms with E-state index >= 15 is 0 Å². The Labute approximate surface area is 214 Å². The molecule has 0 aliphatic carbocycles. The van der Waals surface area contributed by atoms with Crippen LogP contribution >= 0.6 is 24.0 Å². The van der Waals surface area contributed by atoms with Crippen LogP contribution in [-0.4, -0.2) is 65.5 Å². The summed E-state index contributed by atoms with van der Waals surface area (Å²) in [4.78, 5) is 7.49. The number of aromatic nitrogens is 3. The lowest BCUT2D eigenvalue weighted by molar-refractivity contribution is 0.251. The molecule has 0 amide bonds. The van der Waals surface area contributed by atoms with Crippen molar-refractivity contribution in [3.63, 3.8) is 0 Å². The number of likely N-dealkylation sites (tertiary alicyclic amines) is 1. The van der Waals surface area contributed by atoms with E-state index in [0.717, 1.165) is 55.7 Å². The van der Waals surface area contributed by atoms with Crippen LogP contribution in [0.1, 0.15) is 44.1 Å². The Bertz CT molecular complexity index is 892. The van der Waals surface area contributed by atoms with Crippen LogP contribution in [-0.2, 0) is 13.0 Å². The van der Waals surface area contributed by atoms with Crippen LogP contribution in [0.4, 0.5) is 0 Å². The molecule has 3 rings (SSSR count). The van der Waals surface area contributed by atoms with E-state index in [4.69, 9.17) is 9.73 Å². The average Bonchev–Trinajstić information content (AvgIpc) is 3.49. The van der Waals surface area contributed by atoms with Gasteiger partial charge in [0.15, 0.2) is 5.96 Å². The van der Waals surface area contributed by atoms with Gasteiger partial charge in [0.2, 0.25) is 0 Å². The SMILES string of the molecule is C=C(C)CNC(=NCC(c1cccc(OC)c1)N1CCCC1)NCCn1cnnc1CC.I. The van der Waals surface area contributed by atoms with Crippen molar-refractivity contribution in [1.29, 1.82) is 0 Å². The van der Waals surface area contributed by atoms with Gasteiger partial charge in [0.05, 0.1) is 19.7 Å². The highest BCUT2D eigenvalue weighted by Gasteiger charge is 2.23. The number of hydrogen-bond acceptors (Lipinski definition) is 5. The minimum atomic E-state index is 0. The van der Waals surface area contributed by atoms with Crippen LogP contribution in [0.25, 0.3) is 0 Å². The maximum Gasteiger partial charge on any atom is 0.191 e. The minimum Gasteiger partial charge on any atom is -0.497 e. The van der Waals surface area contributed by atoms with Gasteiger partial charge in [0.25, 0.3) is 0 Å². The van der Waals surface area contributed by atoms with E-state index in [0.29, 0.717) is 13.1 Å². The van der Waals surface area contributed by atoms with Crippen LogP contribution in [0, 0.1) is 0 Å². The van der Waals surface area contributed by atoms with E-state index in [9.17, 15) is 0 Å². The van der Waals surface area contributed by atoms with E-state index in [1.165, 1.54) is 18.4 Å². The van der Waals surface area contributed by atoms with Gasteiger partial charge in [-0.3, -0.25) is 9.89 Å². The van der Waals surface area contributed by atoms with Gasteiger partial charge in [-0.15, -0.1) is 34.2 Å². The summed E-state index contributed by atoms with van der Waals surface area (Å²) in [5.41, 5.74) is 2.31. The monoisotopic (exact) mass is 567 g/mol. The molecule has 8 nitrogen and oxygen atoms in total. The number of ether oxygens (including phenoxy) is 1. The molecular weight excluding hydrogens is 529 g/mol. The van der Waals surface area contributed by atoms with Crippen molar-refractivity contribution < 1.29 is 4.74 Å². The van der Waals surface area contributed by atoms with Gasteiger partial charge in [-0.1, -0.05) is 31.2 Å². The van der Waals surface area contributed by atoms with Crippen molar-refractivity contribution in [3.05, 3.63) is 54.1 Å². The standard InChI is InChI=1S/C24H37N7O.HI/c1-5-23-29-28-18-31(23)14-11-25-24(26-16-19(2)3)27-17-22(30-12-6-7-13-30)20-9-8-10-21(15-20)32-4;/h8-10,15,18,22H,2,5-7,11-14,16-17H2,1,3-4H3,(H2,25,26,27);1H. The Hall–Kier alpha value is -2.14. The summed E-state index contributed by atoms with van der Waals surface area (Å²) >= 11 is 0. The molecule has 33 heavy (non-hydrogen) atoms. The first-order valence-electron chi connectivity index (χ1n) is 11.5. The summed E-state index contributed by atoms with van der Waals surface area (Å²) in [5, 5.41) is 15.0.